The standard InChI is InChI=1S/C10H7N5O6/c16-8-3-5(14(18)19)1-2-6(8)11-10(17)7-4-9(13-12-7)15(20)21/h1-4,16H,(H,11,17)(H,12,13). The number of phenolic OH excluding ortho intramolecular Hbond substituents is 1. The fourth-order valence-corrected chi connectivity index (χ4v) is 1.45. The first-order valence-corrected chi connectivity index (χ1v) is 5.37. The Labute approximate surface area is 115 Å². The van der Waals surface area contributed by atoms with E-state index >= 15 is 0 Å². The van der Waals surface area contributed by atoms with Gasteiger partial charge in [-0.25, -0.2) is 0 Å². The van der Waals surface area contributed by atoms with Gasteiger partial charge in [0.1, 0.15) is 5.75 Å². The molecule has 0 radical (unpaired) electrons. The van der Waals surface area contributed by atoms with E-state index in [9.17, 15) is 30.1 Å². The van der Waals surface area contributed by atoms with Gasteiger partial charge in [-0.2, -0.15) is 0 Å². The third-order valence-electron chi connectivity index (χ3n) is 2.43. The molecule has 1 aromatic heterocycles. The zero-order valence-corrected chi connectivity index (χ0v) is 10.1. The molecule has 0 unspecified atom stereocenters. The second kappa shape index (κ2) is 5.24. The first kappa shape index (κ1) is 13.9. The van der Waals surface area contributed by atoms with Gasteiger partial charge in [0.2, 0.25) is 0 Å². The maximum absolute atomic E-state index is 11.8. The lowest BCUT2D eigenvalue weighted by atomic mass is 10.2. The van der Waals surface area contributed by atoms with E-state index in [1.54, 1.807) is 0 Å². The van der Waals surface area contributed by atoms with Crippen LogP contribution < -0.4 is 5.32 Å². The van der Waals surface area contributed by atoms with E-state index in [-0.39, 0.29) is 17.1 Å². The molecule has 1 aromatic carbocycles. The number of hydrogen-bond donors (Lipinski definition) is 3. The van der Waals surface area contributed by atoms with Crippen molar-refractivity contribution in [1.29, 1.82) is 0 Å². The van der Waals surface area contributed by atoms with Crippen LogP contribution in [0.4, 0.5) is 17.2 Å². The number of carbonyl (C=O) groups is 1. The molecule has 0 saturated heterocycles. The number of anilines is 1. The normalized spacial score (nSPS) is 10.1. The van der Waals surface area contributed by atoms with E-state index < -0.39 is 27.3 Å². The molecule has 11 heteroatoms. The largest absolute Gasteiger partial charge is 0.506 e. The molecule has 1 amide bonds. The number of amides is 1. The van der Waals surface area contributed by atoms with Gasteiger partial charge in [-0.15, -0.1) is 5.10 Å². The minimum absolute atomic E-state index is 0.0868. The number of nitro groups is 2. The number of nitrogens with one attached hydrogen (secondary N) is 2. The van der Waals surface area contributed by atoms with E-state index in [4.69, 9.17) is 0 Å². The van der Waals surface area contributed by atoms with Crippen LogP contribution in [0.15, 0.2) is 24.3 Å². The molecule has 2 aromatic rings. The van der Waals surface area contributed by atoms with Crippen LogP contribution in [0, 0.1) is 20.2 Å². The van der Waals surface area contributed by atoms with Crippen molar-refractivity contribution >= 4 is 23.1 Å². The molecule has 0 fully saturated rings. The number of nitro benzene ring substituents is 1. The van der Waals surface area contributed by atoms with E-state index in [1.807, 2.05) is 5.10 Å². The third-order valence-corrected chi connectivity index (χ3v) is 2.43. The van der Waals surface area contributed by atoms with Gasteiger partial charge in [0, 0.05) is 6.07 Å². The summed E-state index contributed by atoms with van der Waals surface area (Å²) in [5.74, 6) is -1.79. The summed E-state index contributed by atoms with van der Waals surface area (Å²) in [6, 6.07) is 4.00. The number of nitrogens with zero attached hydrogens (tertiary/aromatic N) is 3. The maximum Gasteiger partial charge on any atom is 0.343 e. The van der Waals surface area contributed by atoms with Crippen molar-refractivity contribution in [2.45, 2.75) is 0 Å². The van der Waals surface area contributed by atoms with E-state index in [0.717, 1.165) is 24.3 Å². The molecule has 0 atom stereocenters. The Morgan fingerprint density at radius 3 is 2.48 bits per heavy atom. The van der Waals surface area contributed by atoms with Gasteiger partial charge in [0.05, 0.1) is 22.7 Å². The van der Waals surface area contributed by atoms with E-state index in [0.29, 0.717) is 0 Å². The summed E-state index contributed by atoms with van der Waals surface area (Å²) < 4.78 is 0. The molecule has 0 saturated carbocycles. The molecule has 0 aliphatic heterocycles. The SMILES string of the molecule is O=C(Nc1ccc([N+](=O)[O-])cc1O)c1cc([N+](=O)[O-])[nH]n1. The topological polar surface area (TPSA) is 164 Å². The molecular formula is C10H7N5O6. The molecule has 0 aliphatic carbocycles. The van der Waals surface area contributed by atoms with Gasteiger partial charge in [0.25, 0.3) is 11.6 Å². The average Bonchev–Trinajstić information content (AvgIpc) is 2.90. The predicted octanol–water partition coefficient (Wildman–Crippen LogP) is 1.18. The van der Waals surface area contributed by atoms with Gasteiger partial charge in [-0.3, -0.25) is 14.9 Å². The number of non-ortho nitro benzene ring substituents is 1. The Morgan fingerprint density at radius 1 is 1.24 bits per heavy atom. The third kappa shape index (κ3) is 2.91. The van der Waals surface area contributed by atoms with Gasteiger partial charge in [-0.1, -0.05) is 5.10 Å². The van der Waals surface area contributed by atoms with Crippen molar-refractivity contribution in [3.05, 3.63) is 50.2 Å². The Morgan fingerprint density at radius 2 is 1.95 bits per heavy atom. The Balaban J connectivity index is 2.19. The number of rotatable bonds is 4. The molecule has 1 heterocycles. The van der Waals surface area contributed by atoms with Crippen molar-refractivity contribution in [2.24, 2.45) is 0 Å². The number of H-pyrrole nitrogens is 1. The second-order valence-electron chi connectivity index (χ2n) is 3.81. The number of hydrogen-bond acceptors (Lipinski definition) is 7. The van der Waals surface area contributed by atoms with Crippen LogP contribution in [-0.2, 0) is 0 Å². The molecule has 3 N–H and O–H groups in total. The van der Waals surface area contributed by atoms with Crippen LogP contribution in [0.25, 0.3) is 0 Å². The minimum Gasteiger partial charge on any atom is -0.506 e. The average molecular weight is 293 g/mol. The van der Waals surface area contributed by atoms with E-state index in [2.05, 4.69) is 10.4 Å². The number of aromatic amines is 1. The number of benzene rings is 1. The Bertz CT molecular complexity index is 739. The highest BCUT2D eigenvalue weighted by Gasteiger charge is 2.18. The highest BCUT2D eigenvalue weighted by atomic mass is 16.6. The summed E-state index contributed by atoms with van der Waals surface area (Å²) >= 11 is 0. The quantitative estimate of drug-likeness (QED) is 0.432. The monoisotopic (exact) mass is 293 g/mol. The highest BCUT2D eigenvalue weighted by molar-refractivity contribution is 6.04. The minimum atomic E-state index is -0.816. The first-order chi connectivity index (χ1) is 9.88. The molecule has 2 rings (SSSR count). The van der Waals surface area contributed by atoms with Crippen molar-refractivity contribution in [2.75, 3.05) is 5.32 Å². The summed E-state index contributed by atoms with van der Waals surface area (Å²) in [5, 5.41) is 38.2. The number of aromatic nitrogens is 2. The number of aromatic hydroxyl groups is 1. The van der Waals surface area contributed by atoms with Crippen LogP contribution in [0.2, 0.25) is 0 Å². The Kier molecular flexibility index (Phi) is 3.47. The predicted molar refractivity (Wildman–Crippen MR) is 68.0 cm³/mol. The van der Waals surface area contributed by atoms with Gasteiger partial charge in [0.15, 0.2) is 5.69 Å². The fourth-order valence-electron chi connectivity index (χ4n) is 1.45. The van der Waals surface area contributed by atoms with Crippen molar-refractivity contribution in [3.8, 4) is 5.75 Å². The Hall–Kier alpha value is -3.50. The van der Waals surface area contributed by atoms with Crippen LogP contribution >= 0.6 is 0 Å². The molecule has 0 spiro atoms. The lowest BCUT2D eigenvalue weighted by Gasteiger charge is -2.04. The molecule has 11 nitrogen and oxygen atoms in total. The summed E-state index contributed by atoms with van der Waals surface area (Å²) in [6.07, 6.45) is 0. The first-order valence-electron chi connectivity index (χ1n) is 5.37. The summed E-state index contributed by atoms with van der Waals surface area (Å²) in [7, 11) is 0. The molecule has 21 heavy (non-hydrogen) atoms. The van der Waals surface area contributed by atoms with Gasteiger partial charge >= 0.3 is 5.82 Å². The van der Waals surface area contributed by atoms with Crippen molar-refractivity contribution in [3.63, 3.8) is 0 Å². The maximum atomic E-state index is 11.8. The number of carbonyl (C=O) groups excluding carboxylic acids is 1. The van der Waals surface area contributed by atoms with Crippen LogP contribution in [0.3, 0.4) is 0 Å². The van der Waals surface area contributed by atoms with Gasteiger partial charge in [-0.05, 0) is 11.0 Å². The summed E-state index contributed by atoms with van der Waals surface area (Å²) in [5.41, 5.74) is -0.698. The van der Waals surface area contributed by atoms with Gasteiger partial charge < -0.3 is 20.5 Å². The molecule has 0 bridgehead atoms. The zero-order valence-electron chi connectivity index (χ0n) is 10.1. The lowest BCUT2D eigenvalue weighted by molar-refractivity contribution is -0.389. The van der Waals surface area contributed by atoms with Crippen molar-refractivity contribution < 1.29 is 19.7 Å². The molecule has 108 valence electrons. The smallest absolute Gasteiger partial charge is 0.343 e. The molecule has 0 aliphatic rings. The summed E-state index contributed by atoms with van der Waals surface area (Å²) in [6.45, 7) is 0. The van der Waals surface area contributed by atoms with Crippen LogP contribution in [-0.4, -0.2) is 31.1 Å². The molecular weight excluding hydrogens is 286 g/mol. The highest BCUT2D eigenvalue weighted by Crippen LogP contribution is 2.28. The zero-order chi connectivity index (χ0) is 15.6. The lowest BCUT2D eigenvalue weighted by Crippen LogP contribution is -2.12. The second-order valence-corrected chi connectivity index (χ2v) is 3.81. The van der Waals surface area contributed by atoms with Crippen molar-refractivity contribution in [1.82, 2.24) is 10.2 Å². The van der Waals surface area contributed by atoms with Crippen LogP contribution in [0.1, 0.15) is 10.5 Å². The van der Waals surface area contributed by atoms with E-state index in [1.165, 1.54) is 0 Å². The summed E-state index contributed by atoms with van der Waals surface area (Å²) in [4.78, 5) is 31.3. The fraction of sp³-hybridized carbons (Fsp3) is 0. The number of phenols is 1. The van der Waals surface area contributed by atoms with Crippen LogP contribution in [0.5, 0.6) is 5.75 Å².